The first-order valence-electron chi connectivity index (χ1n) is 25.2. The van der Waals surface area contributed by atoms with Crippen LogP contribution in [0.5, 0.6) is 0 Å². The average Bonchev–Trinajstić information content (AvgIpc) is 4.02. The van der Waals surface area contributed by atoms with Crippen molar-refractivity contribution in [1.82, 2.24) is 24.1 Å². The Bertz CT molecular complexity index is 4640. The number of nitrogens with zero attached hydrogens (tertiary/aromatic N) is 5. The van der Waals surface area contributed by atoms with Crippen LogP contribution < -0.4 is 0 Å². The molecule has 5 heteroatoms. The molecule has 74 heavy (non-hydrogen) atoms. The van der Waals surface area contributed by atoms with Crippen molar-refractivity contribution in [1.29, 1.82) is 0 Å². The summed E-state index contributed by atoms with van der Waals surface area (Å²) in [7, 11) is 0. The Hall–Kier alpha value is -9.97. The molecule has 0 radical (unpaired) electrons. The number of hydrogen-bond donors (Lipinski definition) is 0. The number of benzene rings is 12. The van der Waals surface area contributed by atoms with Gasteiger partial charge in [-0.1, -0.05) is 200 Å². The first kappa shape index (κ1) is 41.8. The van der Waals surface area contributed by atoms with E-state index >= 15 is 0 Å². The Morgan fingerprint density at radius 3 is 1.31 bits per heavy atom. The van der Waals surface area contributed by atoms with Gasteiger partial charge in [-0.25, -0.2) is 15.0 Å². The first-order valence-corrected chi connectivity index (χ1v) is 25.2. The van der Waals surface area contributed by atoms with Crippen molar-refractivity contribution < 1.29 is 0 Å². The summed E-state index contributed by atoms with van der Waals surface area (Å²) in [6.45, 7) is 0. The fraction of sp³-hybridized carbons (Fsp3) is 0. The highest BCUT2D eigenvalue weighted by molar-refractivity contribution is 6.29. The van der Waals surface area contributed by atoms with Crippen LogP contribution in [0.2, 0.25) is 0 Å². The van der Waals surface area contributed by atoms with Gasteiger partial charge in [-0.3, -0.25) is 0 Å². The van der Waals surface area contributed by atoms with Gasteiger partial charge in [-0.05, 0) is 110 Å². The largest absolute Gasteiger partial charge is 0.309 e. The molecule has 0 aliphatic heterocycles. The molecular weight excluding hydrogens is 899 g/mol. The minimum Gasteiger partial charge on any atom is -0.309 e. The predicted molar refractivity (Wildman–Crippen MR) is 308 cm³/mol. The van der Waals surface area contributed by atoms with Crippen molar-refractivity contribution in [3.63, 3.8) is 0 Å². The zero-order chi connectivity index (χ0) is 48.7. The molecule has 3 aromatic heterocycles. The summed E-state index contributed by atoms with van der Waals surface area (Å²) < 4.78 is 4.87. The molecule has 15 aromatic rings. The summed E-state index contributed by atoms with van der Waals surface area (Å²) in [6.07, 6.45) is 0. The van der Waals surface area contributed by atoms with Gasteiger partial charge >= 0.3 is 0 Å². The highest BCUT2D eigenvalue weighted by atomic mass is 15.0. The van der Waals surface area contributed by atoms with Gasteiger partial charge in [-0.2, -0.15) is 0 Å². The number of fused-ring (bicyclic) bond motifs is 12. The lowest BCUT2D eigenvalue weighted by Crippen LogP contribution is -2.01. The van der Waals surface area contributed by atoms with Crippen molar-refractivity contribution in [2.24, 2.45) is 0 Å². The molecule has 0 saturated carbocycles. The minimum absolute atomic E-state index is 0.619. The molecule has 15 rings (SSSR count). The lowest BCUT2D eigenvalue weighted by Gasteiger charge is -2.18. The molecular formula is C69H43N5. The molecule has 344 valence electrons. The van der Waals surface area contributed by atoms with Gasteiger partial charge in [0.2, 0.25) is 0 Å². The zero-order valence-corrected chi connectivity index (χ0v) is 40.1. The maximum atomic E-state index is 5.40. The maximum absolute atomic E-state index is 5.40. The summed E-state index contributed by atoms with van der Waals surface area (Å²) in [5.74, 6) is 1.87. The number of hydrogen-bond acceptors (Lipinski definition) is 3. The lowest BCUT2D eigenvalue weighted by atomic mass is 9.86. The number of para-hydroxylation sites is 3. The molecule has 0 N–H and O–H groups in total. The maximum Gasteiger partial charge on any atom is 0.164 e. The molecule has 0 saturated heterocycles. The van der Waals surface area contributed by atoms with Gasteiger partial charge in [0.15, 0.2) is 17.5 Å². The van der Waals surface area contributed by atoms with Gasteiger partial charge in [0.1, 0.15) is 0 Å². The summed E-state index contributed by atoms with van der Waals surface area (Å²) >= 11 is 0. The van der Waals surface area contributed by atoms with E-state index in [0.29, 0.717) is 17.5 Å². The van der Waals surface area contributed by atoms with Crippen LogP contribution in [-0.4, -0.2) is 24.1 Å². The van der Waals surface area contributed by atoms with Crippen LogP contribution in [0.1, 0.15) is 0 Å². The fourth-order valence-electron chi connectivity index (χ4n) is 11.7. The average molecular weight is 942 g/mol. The number of aromatic nitrogens is 5. The Morgan fingerprint density at radius 1 is 0.216 bits per heavy atom. The van der Waals surface area contributed by atoms with Crippen LogP contribution in [0.25, 0.3) is 144 Å². The zero-order valence-electron chi connectivity index (χ0n) is 40.1. The highest BCUT2D eigenvalue weighted by Crippen LogP contribution is 2.47. The van der Waals surface area contributed by atoms with Crippen molar-refractivity contribution in [2.45, 2.75) is 0 Å². The van der Waals surface area contributed by atoms with E-state index in [0.717, 1.165) is 77.5 Å². The molecule has 0 amide bonds. The molecule has 0 bridgehead atoms. The van der Waals surface area contributed by atoms with E-state index in [1.165, 1.54) is 48.7 Å². The molecule has 0 aliphatic carbocycles. The molecule has 3 heterocycles. The summed E-state index contributed by atoms with van der Waals surface area (Å²) in [5.41, 5.74) is 14.2. The molecule has 0 aliphatic rings. The highest BCUT2D eigenvalue weighted by Gasteiger charge is 2.24. The second-order valence-corrected chi connectivity index (χ2v) is 19.1. The van der Waals surface area contributed by atoms with Crippen molar-refractivity contribution in [3.8, 4) is 67.8 Å². The standard InChI is InChI=1S/C69H43N5/c1-5-22-44(23-6-1)67-70-68(45-24-7-2-8-25-45)72-69(71-67)60-41-46(40-58-53-34-16-15-32-51(53)52-33-17-18-36-55(52)65(58)60)49-30-13-14-31-50(49)56-37-21-39-62-66(56)59-43-63-57(42-64(59)74(62)48-28-11-4-12-29-48)54-35-19-20-38-61(54)73(63)47-26-9-3-10-27-47/h1-43H. The van der Waals surface area contributed by atoms with E-state index in [1.54, 1.807) is 0 Å². The second kappa shape index (κ2) is 16.8. The quantitative estimate of drug-likeness (QED) is 0.150. The normalized spacial score (nSPS) is 11.8. The molecule has 0 atom stereocenters. The Morgan fingerprint density at radius 2 is 0.662 bits per heavy atom. The third-order valence-electron chi connectivity index (χ3n) is 14.9. The topological polar surface area (TPSA) is 48.5 Å². The Balaban J connectivity index is 1.05. The van der Waals surface area contributed by atoms with Crippen molar-refractivity contribution in [2.75, 3.05) is 0 Å². The Labute approximate surface area is 426 Å². The second-order valence-electron chi connectivity index (χ2n) is 19.1. The van der Waals surface area contributed by atoms with E-state index in [4.69, 9.17) is 15.0 Å². The van der Waals surface area contributed by atoms with E-state index in [2.05, 4.69) is 234 Å². The third kappa shape index (κ3) is 6.53. The first-order chi connectivity index (χ1) is 36.7. The van der Waals surface area contributed by atoms with Crippen LogP contribution in [0.4, 0.5) is 0 Å². The smallest absolute Gasteiger partial charge is 0.164 e. The van der Waals surface area contributed by atoms with E-state index in [1.807, 2.05) is 36.4 Å². The molecule has 12 aromatic carbocycles. The summed E-state index contributed by atoms with van der Waals surface area (Å²) in [5, 5.41) is 11.8. The minimum atomic E-state index is 0.619. The van der Waals surface area contributed by atoms with Crippen LogP contribution in [0.3, 0.4) is 0 Å². The number of rotatable bonds is 7. The van der Waals surface area contributed by atoms with Crippen LogP contribution in [0, 0.1) is 0 Å². The third-order valence-corrected chi connectivity index (χ3v) is 14.9. The van der Waals surface area contributed by atoms with E-state index in [-0.39, 0.29) is 0 Å². The fourth-order valence-corrected chi connectivity index (χ4v) is 11.7. The summed E-state index contributed by atoms with van der Waals surface area (Å²) in [6, 6.07) is 93.7. The summed E-state index contributed by atoms with van der Waals surface area (Å²) in [4.78, 5) is 15.9. The lowest BCUT2D eigenvalue weighted by molar-refractivity contribution is 1.08. The Kier molecular flexibility index (Phi) is 9.50. The SMILES string of the molecule is c1ccc(-c2nc(-c3ccccc3)nc(-c3cc(-c4ccccc4-c4cccc5c4c4cc6c(cc4n5-c4ccccc4)c4ccccc4n6-c4ccccc4)cc4c5ccccc5c5ccccc5c34)n2)cc1. The molecule has 0 fully saturated rings. The molecule has 0 unspecified atom stereocenters. The van der Waals surface area contributed by atoms with Crippen molar-refractivity contribution >= 4 is 75.9 Å². The van der Waals surface area contributed by atoms with Gasteiger partial charge in [-0.15, -0.1) is 0 Å². The van der Waals surface area contributed by atoms with Crippen LogP contribution >= 0.6 is 0 Å². The predicted octanol–water partition coefficient (Wildman–Crippen LogP) is 17.9. The van der Waals surface area contributed by atoms with E-state index in [9.17, 15) is 0 Å². The van der Waals surface area contributed by atoms with Gasteiger partial charge in [0, 0.05) is 55.0 Å². The molecule has 0 spiro atoms. The van der Waals surface area contributed by atoms with Crippen molar-refractivity contribution in [3.05, 3.63) is 261 Å². The van der Waals surface area contributed by atoms with Gasteiger partial charge in [0.05, 0.1) is 22.1 Å². The van der Waals surface area contributed by atoms with E-state index < -0.39 is 0 Å². The van der Waals surface area contributed by atoms with Gasteiger partial charge < -0.3 is 9.13 Å². The van der Waals surface area contributed by atoms with Crippen LogP contribution in [-0.2, 0) is 0 Å². The van der Waals surface area contributed by atoms with Crippen LogP contribution in [0.15, 0.2) is 261 Å². The van der Waals surface area contributed by atoms with Gasteiger partial charge in [0.25, 0.3) is 0 Å². The monoisotopic (exact) mass is 941 g/mol. The molecule has 5 nitrogen and oxygen atoms in total.